The van der Waals surface area contributed by atoms with Gasteiger partial charge < -0.3 is 9.47 Å². The van der Waals surface area contributed by atoms with Gasteiger partial charge in [0, 0.05) is 6.07 Å². The van der Waals surface area contributed by atoms with Crippen molar-refractivity contribution in [2.45, 2.75) is 161 Å². The van der Waals surface area contributed by atoms with E-state index < -0.39 is 0 Å². The van der Waals surface area contributed by atoms with Crippen molar-refractivity contribution in [1.29, 1.82) is 0 Å². The Balaban J connectivity index is 1.77. The average Bonchev–Trinajstić information content (AvgIpc) is 2.92. The summed E-state index contributed by atoms with van der Waals surface area (Å²) in [7, 11) is 3.44. The Hall–Kier alpha value is -1.44. The monoisotopic (exact) mass is 514 g/mol. The highest BCUT2D eigenvalue weighted by Gasteiger charge is 2.02. The first kappa shape index (κ1) is 33.6. The summed E-state index contributed by atoms with van der Waals surface area (Å²) in [5.41, 5.74) is 1.32. The zero-order valence-corrected chi connectivity index (χ0v) is 25.2. The van der Waals surface area contributed by atoms with E-state index in [1.165, 1.54) is 153 Å². The van der Waals surface area contributed by atoms with Crippen molar-refractivity contribution in [1.82, 2.24) is 0 Å². The zero-order valence-electron chi connectivity index (χ0n) is 25.2. The van der Waals surface area contributed by atoms with Gasteiger partial charge in [0.15, 0.2) is 0 Å². The third kappa shape index (κ3) is 21.2. The molecule has 37 heavy (non-hydrogen) atoms. The van der Waals surface area contributed by atoms with Crippen LogP contribution in [0.1, 0.15) is 160 Å². The van der Waals surface area contributed by atoms with E-state index in [0.717, 1.165) is 17.9 Å². The largest absolute Gasteiger partial charge is 0.497 e. The SMILES string of the molecule is CCCCCCCC/C=C\CCCCCCCCCCCCCCCCCc1cc(OC)cc(OC)c1. The van der Waals surface area contributed by atoms with Crippen LogP contribution < -0.4 is 9.47 Å². The van der Waals surface area contributed by atoms with E-state index in [0.29, 0.717) is 0 Å². The number of benzene rings is 1. The van der Waals surface area contributed by atoms with Crippen LogP contribution in [-0.2, 0) is 6.42 Å². The van der Waals surface area contributed by atoms with Gasteiger partial charge in [0.25, 0.3) is 0 Å². The second-order valence-corrected chi connectivity index (χ2v) is 11.1. The molecule has 0 aromatic heterocycles. The number of ether oxygens (including phenoxy) is 2. The summed E-state index contributed by atoms with van der Waals surface area (Å²) in [6.45, 7) is 2.29. The number of aryl methyl sites for hydroxylation is 1. The molecule has 0 radical (unpaired) electrons. The summed E-state index contributed by atoms with van der Waals surface area (Å²) in [5.74, 6) is 1.79. The molecule has 1 aromatic rings. The van der Waals surface area contributed by atoms with E-state index in [1.807, 2.05) is 6.07 Å². The average molecular weight is 515 g/mol. The van der Waals surface area contributed by atoms with E-state index in [-0.39, 0.29) is 0 Å². The molecule has 0 saturated carbocycles. The van der Waals surface area contributed by atoms with Gasteiger partial charge in [0.1, 0.15) is 11.5 Å². The van der Waals surface area contributed by atoms with E-state index in [1.54, 1.807) is 14.2 Å². The van der Waals surface area contributed by atoms with Crippen LogP contribution in [0.25, 0.3) is 0 Å². The minimum absolute atomic E-state index is 0.895. The quantitative estimate of drug-likeness (QED) is 0.0858. The van der Waals surface area contributed by atoms with Gasteiger partial charge in [-0.05, 0) is 56.2 Å². The van der Waals surface area contributed by atoms with Gasteiger partial charge in [-0.15, -0.1) is 0 Å². The van der Waals surface area contributed by atoms with E-state index in [9.17, 15) is 0 Å². The first-order valence-corrected chi connectivity index (χ1v) is 16.2. The lowest BCUT2D eigenvalue weighted by molar-refractivity contribution is 0.393. The van der Waals surface area contributed by atoms with E-state index in [2.05, 4.69) is 31.2 Å². The van der Waals surface area contributed by atoms with Gasteiger partial charge in [0.2, 0.25) is 0 Å². The Morgan fingerprint density at radius 1 is 0.459 bits per heavy atom. The summed E-state index contributed by atoms with van der Waals surface area (Å²) in [6.07, 6.45) is 38.2. The number of hydrogen-bond acceptors (Lipinski definition) is 2. The molecule has 0 spiro atoms. The maximum Gasteiger partial charge on any atom is 0.122 e. The van der Waals surface area contributed by atoms with Crippen LogP contribution >= 0.6 is 0 Å². The molecule has 0 N–H and O–H groups in total. The lowest BCUT2D eigenvalue weighted by Gasteiger charge is -2.08. The first-order chi connectivity index (χ1) is 18.3. The summed E-state index contributed by atoms with van der Waals surface area (Å²) in [5, 5.41) is 0. The van der Waals surface area contributed by atoms with Crippen LogP contribution in [0, 0.1) is 0 Å². The maximum atomic E-state index is 5.37. The molecule has 2 heteroatoms. The highest BCUT2D eigenvalue weighted by molar-refractivity contribution is 5.38. The molecule has 0 bridgehead atoms. The van der Waals surface area contributed by atoms with Crippen molar-refractivity contribution in [3.63, 3.8) is 0 Å². The molecule has 0 heterocycles. The fourth-order valence-electron chi connectivity index (χ4n) is 5.18. The van der Waals surface area contributed by atoms with Crippen molar-refractivity contribution in [3.05, 3.63) is 35.9 Å². The molecule has 0 aliphatic heterocycles. The van der Waals surface area contributed by atoms with Crippen molar-refractivity contribution in [2.75, 3.05) is 14.2 Å². The topological polar surface area (TPSA) is 18.5 Å². The fourth-order valence-corrected chi connectivity index (χ4v) is 5.18. The Kier molecular flexibility index (Phi) is 23.8. The van der Waals surface area contributed by atoms with Gasteiger partial charge >= 0.3 is 0 Å². The number of hydrogen-bond donors (Lipinski definition) is 0. The smallest absolute Gasteiger partial charge is 0.122 e. The van der Waals surface area contributed by atoms with Gasteiger partial charge in [-0.25, -0.2) is 0 Å². The van der Waals surface area contributed by atoms with Crippen molar-refractivity contribution in [2.24, 2.45) is 0 Å². The van der Waals surface area contributed by atoms with Gasteiger partial charge in [-0.3, -0.25) is 0 Å². The highest BCUT2D eigenvalue weighted by atomic mass is 16.5. The molecule has 0 aliphatic carbocycles. The Morgan fingerprint density at radius 3 is 1.19 bits per heavy atom. The summed E-state index contributed by atoms with van der Waals surface area (Å²) >= 11 is 0. The molecule has 1 aromatic carbocycles. The minimum Gasteiger partial charge on any atom is -0.497 e. The summed E-state index contributed by atoms with van der Waals surface area (Å²) < 4.78 is 10.7. The molecule has 0 atom stereocenters. The van der Waals surface area contributed by atoms with Gasteiger partial charge in [0.05, 0.1) is 14.2 Å². The summed E-state index contributed by atoms with van der Waals surface area (Å²) in [4.78, 5) is 0. The van der Waals surface area contributed by atoms with Crippen LogP contribution in [0.2, 0.25) is 0 Å². The minimum atomic E-state index is 0.895. The fraction of sp³-hybridized carbons (Fsp3) is 0.771. The first-order valence-electron chi connectivity index (χ1n) is 16.2. The predicted molar refractivity (Wildman–Crippen MR) is 164 cm³/mol. The standard InChI is InChI=1S/C35H62O2/c1-4-5-6-7-8-9-10-11-12-13-14-15-16-17-18-19-20-21-22-23-24-25-26-27-28-29-33-30-34(36-2)32-35(31-33)37-3/h11-12,30-32H,4-10,13-29H2,1-3H3/b12-11-. The van der Waals surface area contributed by atoms with Crippen molar-refractivity contribution in [3.8, 4) is 11.5 Å². The molecular formula is C35H62O2. The molecule has 0 amide bonds. The second-order valence-electron chi connectivity index (χ2n) is 11.1. The Bertz CT molecular complexity index is 614. The third-order valence-electron chi connectivity index (χ3n) is 7.64. The van der Waals surface area contributed by atoms with Crippen molar-refractivity contribution < 1.29 is 9.47 Å². The van der Waals surface area contributed by atoms with Crippen LogP contribution in [0.4, 0.5) is 0 Å². The van der Waals surface area contributed by atoms with Crippen LogP contribution in [-0.4, -0.2) is 14.2 Å². The number of rotatable bonds is 27. The molecule has 0 unspecified atom stereocenters. The molecule has 0 aliphatic rings. The molecule has 2 nitrogen and oxygen atoms in total. The maximum absolute atomic E-state index is 5.37. The van der Waals surface area contributed by atoms with Crippen LogP contribution in [0.5, 0.6) is 11.5 Å². The van der Waals surface area contributed by atoms with Crippen molar-refractivity contribution >= 4 is 0 Å². The molecule has 214 valence electrons. The number of methoxy groups -OCH3 is 2. The van der Waals surface area contributed by atoms with E-state index in [4.69, 9.17) is 9.47 Å². The third-order valence-corrected chi connectivity index (χ3v) is 7.64. The lowest BCUT2D eigenvalue weighted by atomic mass is 10.0. The van der Waals surface area contributed by atoms with Gasteiger partial charge in [-0.1, -0.05) is 135 Å². The molecular weight excluding hydrogens is 452 g/mol. The Labute approximate surface area is 232 Å². The number of unbranched alkanes of at least 4 members (excludes halogenated alkanes) is 21. The molecule has 0 saturated heterocycles. The second kappa shape index (κ2) is 26.2. The summed E-state index contributed by atoms with van der Waals surface area (Å²) in [6, 6.07) is 6.22. The normalized spacial score (nSPS) is 11.4. The highest BCUT2D eigenvalue weighted by Crippen LogP contribution is 2.24. The van der Waals surface area contributed by atoms with Gasteiger partial charge in [-0.2, -0.15) is 0 Å². The zero-order chi connectivity index (χ0) is 26.7. The predicted octanol–water partition coefficient (Wildman–Crippen LogP) is 11.8. The van der Waals surface area contributed by atoms with Crippen LogP contribution in [0.3, 0.4) is 0 Å². The number of allylic oxidation sites excluding steroid dienone is 2. The van der Waals surface area contributed by atoms with E-state index >= 15 is 0 Å². The lowest BCUT2D eigenvalue weighted by Crippen LogP contribution is -1.92. The Morgan fingerprint density at radius 2 is 0.811 bits per heavy atom. The molecule has 1 rings (SSSR count). The van der Waals surface area contributed by atoms with Crippen LogP contribution in [0.15, 0.2) is 30.4 Å². The molecule has 0 fully saturated rings.